The minimum Gasteiger partial charge on any atom is -0.389 e. The van der Waals surface area contributed by atoms with Crippen LogP contribution in [0.1, 0.15) is 25.0 Å². The number of benzene rings is 1. The molecule has 0 saturated carbocycles. The van der Waals surface area contributed by atoms with Gasteiger partial charge in [0.05, 0.1) is 6.04 Å². The highest BCUT2D eigenvalue weighted by atomic mass is 32.1. The van der Waals surface area contributed by atoms with E-state index in [0.29, 0.717) is 0 Å². The van der Waals surface area contributed by atoms with E-state index in [1.807, 2.05) is 27.0 Å². The standard InChI is InChI=1S/C17H20N2S.C2H6/c1-3-5-16(18-2)17-7-4-6-15(19-17)14-10-8-13(12-20)9-11-14;1-2/h3-11,17-20H,1,12H2,2H3;1-2H3/b16-5-;. The fourth-order valence-electron chi connectivity index (χ4n) is 2.15. The highest BCUT2D eigenvalue weighted by Gasteiger charge is 2.14. The molecule has 0 aromatic heterocycles. The van der Waals surface area contributed by atoms with E-state index < -0.39 is 0 Å². The maximum absolute atomic E-state index is 4.28. The molecule has 0 amide bonds. The van der Waals surface area contributed by atoms with Gasteiger partial charge in [0.1, 0.15) is 0 Å². The molecule has 3 heteroatoms. The second kappa shape index (κ2) is 9.96. The molecular formula is C19H26N2S. The summed E-state index contributed by atoms with van der Waals surface area (Å²) in [6.45, 7) is 7.75. The number of rotatable bonds is 5. The average Bonchev–Trinajstić information content (AvgIpc) is 2.61. The van der Waals surface area contributed by atoms with Crippen molar-refractivity contribution in [2.45, 2.75) is 25.6 Å². The topological polar surface area (TPSA) is 24.1 Å². The summed E-state index contributed by atoms with van der Waals surface area (Å²) in [4.78, 5) is 0. The van der Waals surface area contributed by atoms with Crippen LogP contribution in [0.5, 0.6) is 0 Å². The van der Waals surface area contributed by atoms with Gasteiger partial charge in [-0.25, -0.2) is 0 Å². The van der Waals surface area contributed by atoms with Crippen molar-refractivity contribution in [1.29, 1.82) is 0 Å². The Labute approximate surface area is 140 Å². The number of dihydropyridines is 1. The normalized spacial score (nSPS) is 16.8. The second-order valence-electron chi connectivity index (χ2n) is 4.55. The Morgan fingerprint density at radius 2 is 2.00 bits per heavy atom. The predicted octanol–water partition coefficient (Wildman–Crippen LogP) is 4.30. The average molecular weight is 314 g/mol. The molecule has 0 radical (unpaired) electrons. The van der Waals surface area contributed by atoms with E-state index in [4.69, 9.17) is 0 Å². The molecule has 0 bridgehead atoms. The van der Waals surface area contributed by atoms with Gasteiger partial charge in [0.2, 0.25) is 0 Å². The van der Waals surface area contributed by atoms with Crippen molar-refractivity contribution in [3.05, 3.63) is 78.0 Å². The monoisotopic (exact) mass is 314 g/mol. The van der Waals surface area contributed by atoms with Crippen LogP contribution in [0, 0.1) is 0 Å². The zero-order valence-electron chi connectivity index (χ0n) is 13.6. The van der Waals surface area contributed by atoms with Gasteiger partial charge < -0.3 is 10.6 Å². The van der Waals surface area contributed by atoms with E-state index in [0.717, 1.165) is 17.1 Å². The third-order valence-corrected chi connectivity index (χ3v) is 3.61. The quantitative estimate of drug-likeness (QED) is 0.557. The molecule has 0 spiro atoms. The SMILES string of the molecule is C=C/C=C(\NC)C1C=CC=C(c2ccc(CS)cc2)N1.CC. The Morgan fingerprint density at radius 1 is 1.32 bits per heavy atom. The fraction of sp³-hybridized carbons (Fsp3) is 0.263. The third kappa shape index (κ3) is 4.85. The van der Waals surface area contributed by atoms with Crippen molar-refractivity contribution in [2.24, 2.45) is 0 Å². The summed E-state index contributed by atoms with van der Waals surface area (Å²) in [5, 5.41) is 6.72. The highest BCUT2D eigenvalue weighted by molar-refractivity contribution is 7.79. The van der Waals surface area contributed by atoms with Crippen LogP contribution in [-0.2, 0) is 5.75 Å². The zero-order chi connectivity index (χ0) is 16.4. The summed E-state index contributed by atoms with van der Waals surface area (Å²) in [6, 6.07) is 8.60. The van der Waals surface area contributed by atoms with Crippen molar-refractivity contribution in [1.82, 2.24) is 10.6 Å². The summed E-state index contributed by atoms with van der Waals surface area (Å²) in [7, 11) is 1.92. The second-order valence-corrected chi connectivity index (χ2v) is 4.87. The summed E-state index contributed by atoms with van der Waals surface area (Å²) >= 11 is 4.28. The first-order valence-electron chi connectivity index (χ1n) is 7.64. The van der Waals surface area contributed by atoms with Gasteiger partial charge in [0, 0.05) is 24.2 Å². The number of allylic oxidation sites excluding steroid dienone is 4. The molecule has 22 heavy (non-hydrogen) atoms. The lowest BCUT2D eigenvalue weighted by Crippen LogP contribution is -2.34. The van der Waals surface area contributed by atoms with Crippen molar-refractivity contribution in [3.63, 3.8) is 0 Å². The summed E-state index contributed by atoms with van der Waals surface area (Å²) in [6.07, 6.45) is 10.1. The molecule has 1 aromatic rings. The van der Waals surface area contributed by atoms with Gasteiger partial charge in [-0.15, -0.1) is 0 Å². The van der Waals surface area contributed by atoms with Crippen molar-refractivity contribution >= 4 is 18.3 Å². The lowest BCUT2D eigenvalue weighted by atomic mass is 10.0. The third-order valence-electron chi connectivity index (χ3n) is 3.25. The van der Waals surface area contributed by atoms with Gasteiger partial charge in [-0.3, -0.25) is 0 Å². The van der Waals surface area contributed by atoms with Crippen LogP contribution in [0.15, 0.2) is 66.9 Å². The fourth-order valence-corrected chi connectivity index (χ4v) is 2.36. The minimum atomic E-state index is 0.141. The summed E-state index contributed by atoms with van der Waals surface area (Å²) in [5.74, 6) is 0.765. The number of hydrogen-bond acceptors (Lipinski definition) is 3. The van der Waals surface area contributed by atoms with Gasteiger partial charge >= 0.3 is 0 Å². The minimum absolute atomic E-state index is 0.141. The molecule has 1 atom stereocenters. The van der Waals surface area contributed by atoms with Gasteiger partial charge in [-0.05, 0) is 23.3 Å². The first-order chi connectivity index (χ1) is 10.8. The van der Waals surface area contributed by atoms with E-state index in [2.05, 4.69) is 72.3 Å². The molecule has 0 aliphatic carbocycles. The Kier molecular flexibility index (Phi) is 8.23. The smallest absolute Gasteiger partial charge is 0.0847 e. The Balaban J connectivity index is 0.00000116. The molecule has 1 unspecified atom stereocenters. The zero-order valence-corrected chi connectivity index (χ0v) is 14.5. The maximum Gasteiger partial charge on any atom is 0.0847 e. The van der Waals surface area contributed by atoms with Crippen molar-refractivity contribution < 1.29 is 0 Å². The van der Waals surface area contributed by atoms with E-state index >= 15 is 0 Å². The maximum atomic E-state index is 4.28. The molecule has 2 N–H and O–H groups in total. The number of nitrogens with one attached hydrogen (secondary N) is 2. The molecule has 2 rings (SSSR count). The van der Waals surface area contributed by atoms with Gasteiger partial charge in [0.25, 0.3) is 0 Å². The number of thiol groups is 1. The first-order valence-corrected chi connectivity index (χ1v) is 8.27. The Morgan fingerprint density at radius 3 is 2.55 bits per heavy atom. The van der Waals surface area contributed by atoms with Crippen LogP contribution >= 0.6 is 12.6 Å². The lowest BCUT2D eigenvalue weighted by molar-refractivity contribution is 0.739. The van der Waals surface area contributed by atoms with Crippen molar-refractivity contribution in [3.8, 4) is 0 Å². The predicted molar refractivity (Wildman–Crippen MR) is 102 cm³/mol. The molecule has 1 aliphatic rings. The van der Waals surface area contributed by atoms with Gasteiger partial charge in [0.15, 0.2) is 0 Å². The van der Waals surface area contributed by atoms with Crippen LogP contribution in [0.4, 0.5) is 0 Å². The molecular weight excluding hydrogens is 288 g/mol. The van der Waals surface area contributed by atoms with E-state index in [-0.39, 0.29) is 6.04 Å². The highest BCUT2D eigenvalue weighted by Crippen LogP contribution is 2.19. The molecule has 1 aromatic carbocycles. The van der Waals surface area contributed by atoms with Crippen LogP contribution in [0.3, 0.4) is 0 Å². The van der Waals surface area contributed by atoms with Crippen LogP contribution in [0.2, 0.25) is 0 Å². The van der Waals surface area contributed by atoms with E-state index in [1.165, 1.54) is 11.1 Å². The molecule has 1 aliphatic heterocycles. The summed E-state index contributed by atoms with van der Waals surface area (Å²) in [5.41, 5.74) is 4.62. The summed E-state index contributed by atoms with van der Waals surface area (Å²) < 4.78 is 0. The molecule has 2 nitrogen and oxygen atoms in total. The Hall–Kier alpha value is -1.87. The number of likely N-dealkylation sites (N-methyl/N-ethyl adjacent to an activating group) is 1. The van der Waals surface area contributed by atoms with Crippen molar-refractivity contribution in [2.75, 3.05) is 7.05 Å². The van der Waals surface area contributed by atoms with Crippen LogP contribution < -0.4 is 10.6 Å². The molecule has 118 valence electrons. The Bertz CT molecular complexity index is 553. The molecule has 1 heterocycles. The van der Waals surface area contributed by atoms with Gasteiger partial charge in [-0.1, -0.05) is 62.9 Å². The molecule has 0 fully saturated rings. The van der Waals surface area contributed by atoms with Gasteiger partial charge in [-0.2, -0.15) is 12.6 Å². The number of hydrogen-bond donors (Lipinski definition) is 3. The van der Waals surface area contributed by atoms with E-state index in [9.17, 15) is 0 Å². The largest absolute Gasteiger partial charge is 0.389 e. The molecule has 0 saturated heterocycles. The van der Waals surface area contributed by atoms with Crippen LogP contribution in [0.25, 0.3) is 5.70 Å². The van der Waals surface area contributed by atoms with E-state index in [1.54, 1.807) is 6.08 Å². The van der Waals surface area contributed by atoms with Crippen LogP contribution in [-0.4, -0.2) is 13.1 Å². The lowest BCUT2D eigenvalue weighted by Gasteiger charge is -2.24. The first kappa shape index (κ1) is 18.2.